The number of thiophene rings is 1. The molecular formula is C22H24N4O2S. The summed E-state index contributed by atoms with van der Waals surface area (Å²) in [6, 6.07) is 16.0. The zero-order chi connectivity index (χ0) is 20.1. The number of benzene rings is 1. The number of nitrogens with zero attached hydrogens (tertiary/aromatic N) is 4. The van der Waals surface area contributed by atoms with Crippen molar-refractivity contribution in [3.8, 4) is 16.3 Å². The van der Waals surface area contributed by atoms with Crippen LogP contribution in [0.25, 0.3) is 10.6 Å². The molecule has 0 radical (unpaired) electrons. The molecule has 150 valence electrons. The summed E-state index contributed by atoms with van der Waals surface area (Å²) in [4.78, 5) is 17.6. The van der Waals surface area contributed by atoms with Gasteiger partial charge in [0.15, 0.2) is 12.4 Å². The Morgan fingerprint density at radius 3 is 2.45 bits per heavy atom. The summed E-state index contributed by atoms with van der Waals surface area (Å²) < 4.78 is 5.65. The quantitative estimate of drug-likeness (QED) is 0.625. The van der Waals surface area contributed by atoms with E-state index >= 15 is 0 Å². The van der Waals surface area contributed by atoms with Gasteiger partial charge in [-0.05, 0) is 47.7 Å². The highest BCUT2D eigenvalue weighted by molar-refractivity contribution is 7.13. The number of hydrogen-bond acceptors (Lipinski definition) is 6. The Morgan fingerprint density at radius 2 is 1.83 bits per heavy atom. The van der Waals surface area contributed by atoms with Crippen molar-refractivity contribution in [2.24, 2.45) is 0 Å². The van der Waals surface area contributed by atoms with Crippen molar-refractivity contribution in [3.05, 3.63) is 59.5 Å². The summed E-state index contributed by atoms with van der Waals surface area (Å²) >= 11 is 1.65. The fourth-order valence-corrected chi connectivity index (χ4v) is 3.98. The maximum Gasteiger partial charge on any atom is 0.260 e. The Bertz CT molecular complexity index is 918. The second-order valence-corrected chi connectivity index (χ2v) is 7.86. The number of rotatable bonds is 6. The van der Waals surface area contributed by atoms with Crippen LogP contribution < -0.4 is 9.64 Å². The van der Waals surface area contributed by atoms with Gasteiger partial charge in [-0.15, -0.1) is 21.5 Å². The van der Waals surface area contributed by atoms with Gasteiger partial charge < -0.3 is 14.5 Å². The van der Waals surface area contributed by atoms with E-state index in [-0.39, 0.29) is 12.5 Å². The maximum atomic E-state index is 12.5. The summed E-state index contributed by atoms with van der Waals surface area (Å²) in [5.41, 5.74) is 2.15. The molecule has 4 rings (SSSR count). The van der Waals surface area contributed by atoms with Gasteiger partial charge in [0.1, 0.15) is 11.4 Å². The lowest BCUT2D eigenvalue weighted by molar-refractivity contribution is -0.133. The molecule has 1 saturated heterocycles. The number of anilines is 1. The number of piperazine rings is 1. The van der Waals surface area contributed by atoms with E-state index < -0.39 is 0 Å². The van der Waals surface area contributed by atoms with Gasteiger partial charge >= 0.3 is 0 Å². The first-order valence-electron chi connectivity index (χ1n) is 9.85. The third-order valence-corrected chi connectivity index (χ3v) is 5.97. The fourth-order valence-electron chi connectivity index (χ4n) is 3.29. The fraction of sp³-hybridized carbons (Fsp3) is 0.318. The van der Waals surface area contributed by atoms with Crippen LogP contribution >= 0.6 is 11.3 Å². The van der Waals surface area contributed by atoms with Gasteiger partial charge in [0.2, 0.25) is 0 Å². The zero-order valence-corrected chi connectivity index (χ0v) is 17.3. The van der Waals surface area contributed by atoms with Crippen molar-refractivity contribution in [1.29, 1.82) is 0 Å². The first kappa shape index (κ1) is 19.4. The van der Waals surface area contributed by atoms with Gasteiger partial charge in [0, 0.05) is 26.2 Å². The topological polar surface area (TPSA) is 58.6 Å². The van der Waals surface area contributed by atoms with E-state index in [1.54, 1.807) is 11.3 Å². The minimum atomic E-state index is 0.0170. The highest BCUT2D eigenvalue weighted by Crippen LogP contribution is 2.23. The molecule has 0 bridgehead atoms. The molecule has 0 atom stereocenters. The number of carbonyl (C=O) groups is 1. The van der Waals surface area contributed by atoms with Crippen LogP contribution in [-0.4, -0.2) is 53.8 Å². The van der Waals surface area contributed by atoms with Crippen LogP contribution in [0.5, 0.6) is 5.75 Å². The highest BCUT2D eigenvalue weighted by Gasteiger charge is 2.22. The minimum Gasteiger partial charge on any atom is -0.484 e. The van der Waals surface area contributed by atoms with Crippen LogP contribution in [0.1, 0.15) is 12.5 Å². The third-order valence-electron chi connectivity index (χ3n) is 5.07. The molecule has 0 aliphatic carbocycles. The van der Waals surface area contributed by atoms with Gasteiger partial charge in [-0.2, -0.15) is 0 Å². The lowest BCUT2D eigenvalue weighted by atomic mass is 10.2. The Kier molecular flexibility index (Phi) is 6.05. The molecule has 1 aliphatic heterocycles. The molecule has 3 aromatic rings. The molecule has 2 aromatic heterocycles. The lowest BCUT2D eigenvalue weighted by Crippen LogP contribution is -2.50. The average Bonchev–Trinajstić information content (AvgIpc) is 3.33. The van der Waals surface area contributed by atoms with Crippen molar-refractivity contribution < 1.29 is 9.53 Å². The van der Waals surface area contributed by atoms with Crippen molar-refractivity contribution >= 4 is 23.1 Å². The van der Waals surface area contributed by atoms with Crippen LogP contribution in [0.3, 0.4) is 0 Å². The smallest absolute Gasteiger partial charge is 0.260 e. The van der Waals surface area contributed by atoms with Gasteiger partial charge in [-0.25, -0.2) is 0 Å². The van der Waals surface area contributed by atoms with E-state index in [0.717, 1.165) is 41.6 Å². The largest absolute Gasteiger partial charge is 0.484 e. The second-order valence-electron chi connectivity index (χ2n) is 6.91. The van der Waals surface area contributed by atoms with E-state index in [1.165, 1.54) is 5.56 Å². The van der Waals surface area contributed by atoms with Gasteiger partial charge in [0.25, 0.3) is 5.91 Å². The predicted octanol–water partition coefficient (Wildman–Crippen LogP) is 3.50. The summed E-state index contributed by atoms with van der Waals surface area (Å²) in [7, 11) is 0. The summed E-state index contributed by atoms with van der Waals surface area (Å²) in [5.74, 6) is 1.60. The molecular weight excluding hydrogens is 384 g/mol. The molecule has 1 aromatic carbocycles. The van der Waals surface area contributed by atoms with Crippen LogP contribution in [-0.2, 0) is 11.2 Å². The van der Waals surface area contributed by atoms with Gasteiger partial charge in [-0.3, -0.25) is 4.79 Å². The molecule has 0 unspecified atom stereocenters. The number of aryl methyl sites for hydroxylation is 1. The second kappa shape index (κ2) is 9.05. The van der Waals surface area contributed by atoms with Crippen LogP contribution in [0.4, 0.5) is 5.82 Å². The molecule has 1 aliphatic rings. The lowest BCUT2D eigenvalue weighted by Gasteiger charge is -2.35. The third kappa shape index (κ3) is 4.74. The minimum absolute atomic E-state index is 0.0170. The molecule has 29 heavy (non-hydrogen) atoms. The number of amides is 1. The van der Waals surface area contributed by atoms with Crippen molar-refractivity contribution in [2.75, 3.05) is 37.7 Å². The Balaban J connectivity index is 1.26. The average molecular weight is 409 g/mol. The molecule has 0 spiro atoms. The summed E-state index contributed by atoms with van der Waals surface area (Å²) in [6.45, 7) is 4.98. The van der Waals surface area contributed by atoms with Gasteiger partial charge in [-0.1, -0.05) is 25.1 Å². The van der Waals surface area contributed by atoms with Crippen molar-refractivity contribution in [3.63, 3.8) is 0 Å². The Morgan fingerprint density at radius 1 is 1.03 bits per heavy atom. The van der Waals surface area contributed by atoms with E-state index in [0.29, 0.717) is 13.1 Å². The molecule has 1 amide bonds. The van der Waals surface area contributed by atoms with Crippen molar-refractivity contribution in [1.82, 2.24) is 15.1 Å². The molecule has 0 saturated carbocycles. The number of carbonyl (C=O) groups excluding carboxylic acids is 1. The number of aromatic nitrogens is 2. The normalized spacial score (nSPS) is 14.1. The molecule has 7 heteroatoms. The van der Waals surface area contributed by atoms with Crippen LogP contribution in [0, 0.1) is 0 Å². The predicted molar refractivity (Wildman–Crippen MR) is 115 cm³/mol. The van der Waals surface area contributed by atoms with Crippen molar-refractivity contribution in [2.45, 2.75) is 13.3 Å². The van der Waals surface area contributed by atoms with Crippen LogP contribution in [0.15, 0.2) is 53.9 Å². The summed E-state index contributed by atoms with van der Waals surface area (Å²) in [5, 5.41) is 10.7. The van der Waals surface area contributed by atoms with E-state index in [1.807, 2.05) is 58.8 Å². The first-order chi connectivity index (χ1) is 14.2. The molecule has 6 nitrogen and oxygen atoms in total. The summed E-state index contributed by atoms with van der Waals surface area (Å²) in [6.07, 6.45) is 0.991. The molecule has 1 fully saturated rings. The maximum absolute atomic E-state index is 12.5. The van der Waals surface area contributed by atoms with Gasteiger partial charge in [0.05, 0.1) is 4.88 Å². The highest BCUT2D eigenvalue weighted by atomic mass is 32.1. The standard InChI is InChI=1S/C22H24N4O2S/c1-2-17-5-7-18(8-6-17)28-16-22(27)26-13-11-25(12-14-26)21-10-9-19(23-24-21)20-4-3-15-29-20/h3-10,15H,2,11-14,16H2,1H3. The number of hydrogen-bond donors (Lipinski definition) is 0. The molecule has 0 N–H and O–H groups in total. The number of ether oxygens (including phenoxy) is 1. The SMILES string of the molecule is CCc1ccc(OCC(=O)N2CCN(c3ccc(-c4cccs4)nn3)CC2)cc1. The zero-order valence-electron chi connectivity index (χ0n) is 16.5. The van der Waals surface area contributed by atoms with E-state index in [9.17, 15) is 4.79 Å². The monoisotopic (exact) mass is 408 g/mol. The first-order valence-corrected chi connectivity index (χ1v) is 10.7. The Labute approximate surface area is 174 Å². The van der Waals surface area contributed by atoms with E-state index in [2.05, 4.69) is 22.0 Å². The molecule has 3 heterocycles. The van der Waals surface area contributed by atoms with E-state index in [4.69, 9.17) is 4.74 Å². The Hall–Kier alpha value is -2.93. The van der Waals surface area contributed by atoms with Crippen LogP contribution in [0.2, 0.25) is 0 Å².